The van der Waals surface area contributed by atoms with Gasteiger partial charge in [-0.1, -0.05) is 30.0 Å². The predicted octanol–water partition coefficient (Wildman–Crippen LogP) is 2.20. The third-order valence-corrected chi connectivity index (χ3v) is 3.13. The number of thioether (sulfide) groups is 1. The van der Waals surface area contributed by atoms with Gasteiger partial charge in [-0.2, -0.15) is 0 Å². The smallest absolute Gasteiger partial charge is 0.180 e. The van der Waals surface area contributed by atoms with E-state index in [0.717, 1.165) is 22.4 Å². The van der Waals surface area contributed by atoms with E-state index in [2.05, 4.69) is 10.2 Å². The monoisotopic (exact) mass is 231 g/mol. The first-order valence-corrected chi connectivity index (χ1v) is 5.83. The van der Waals surface area contributed by atoms with E-state index in [0.29, 0.717) is 10.9 Å². The van der Waals surface area contributed by atoms with Crippen molar-refractivity contribution in [2.24, 2.45) is 15.9 Å². The van der Waals surface area contributed by atoms with Crippen molar-refractivity contribution >= 4 is 33.6 Å². The fourth-order valence-electron chi connectivity index (χ4n) is 1.55. The van der Waals surface area contributed by atoms with Crippen molar-refractivity contribution in [2.75, 3.05) is 5.75 Å². The van der Waals surface area contributed by atoms with Crippen molar-refractivity contribution < 1.29 is 4.42 Å². The molecule has 1 aromatic carbocycles. The number of rotatable bonds is 1. The Morgan fingerprint density at radius 2 is 2.12 bits per heavy atom. The summed E-state index contributed by atoms with van der Waals surface area (Å²) in [7, 11) is 0. The summed E-state index contributed by atoms with van der Waals surface area (Å²) >= 11 is 1.47. The molecule has 0 radical (unpaired) electrons. The molecular formula is C11H9N3OS. The van der Waals surface area contributed by atoms with Crippen LogP contribution in [0.5, 0.6) is 0 Å². The topological polar surface area (TPSA) is 63.9 Å². The molecule has 0 bridgehead atoms. The Balaban J connectivity index is 2.07. The van der Waals surface area contributed by atoms with Crippen molar-refractivity contribution in [3.8, 4) is 0 Å². The van der Waals surface area contributed by atoms with E-state index in [1.165, 1.54) is 11.8 Å². The largest absolute Gasteiger partial charge is 0.455 e. The first-order valence-electron chi connectivity index (χ1n) is 4.85. The zero-order valence-electron chi connectivity index (χ0n) is 8.38. The molecule has 0 fully saturated rings. The molecule has 2 aromatic rings. The Hall–Kier alpha value is -1.75. The van der Waals surface area contributed by atoms with Crippen molar-refractivity contribution in [2.45, 2.75) is 0 Å². The predicted molar refractivity (Wildman–Crippen MR) is 66.8 cm³/mol. The highest BCUT2D eigenvalue weighted by atomic mass is 32.2. The molecule has 0 atom stereocenters. The van der Waals surface area contributed by atoms with Crippen LogP contribution < -0.4 is 5.73 Å². The van der Waals surface area contributed by atoms with Crippen LogP contribution in [0.1, 0.15) is 5.76 Å². The maximum Gasteiger partial charge on any atom is 0.180 e. The van der Waals surface area contributed by atoms with Gasteiger partial charge in [0.15, 0.2) is 10.9 Å². The second-order valence-electron chi connectivity index (χ2n) is 3.42. The highest BCUT2D eigenvalue weighted by Gasteiger charge is 2.14. The molecule has 1 aliphatic heterocycles. The molecule has 80 valence electrons. The normalized spacial score (nSPS) is 16.0. The minimum atomic E-state index is 0.500. The van der Waals surface area contributed by atoms with Crippen molar-refractivity contribution in [3.63, 3.8) is 0 Å². The zero-order valence-corrected chi connectivity index (χ0v) is 9.20. The van der Waals surface area contributed by atoms with Gasteiger partial charge in [0.2, 0.25) is 0 Å². The van der Waals surface area contributed by atoms with Crippen LogP contribution in [-0.4, -0.2) is 16.6 Å². The van der Waals surface area contributed by atoms with E-state index < -0.39 is 0 Å². The Morgan fingerprint density at radius 3 is 2.88 bits per heavy atom. The maximum atomic E-state index is 5.69. The number of nitrogens with two attached hydrogens (primary N) is 1. The van der Waals surface area contributed by atoms with Crippen molar-refractivity contribution in [3.05, 3.63) is 36.1 Å². The number of para-hydroxylation sites is 1. The third kappa shape index (κ3) is 1.59. The summed E-state index contributed by atoms with van der Waals surface area (Å²) in [4.78, 5) is 0. The molecule has 0 saturated carbocycles. The van der Waals surface area contributed by atoms with Gasteiger partial charge in [-0.25, -0.2) is 0 Å². The van der Waals surface area contributed by atoms with Crippen molar-refractivity contribution in [1.82, 2.24) is 0 Å². The lowest BCUT2D eigenvalue weighted by Crippen LogP contribution is -2.15. The van der Waals surface area contributed by atoms with Gasteiger partial charge in [0.1, 0.15) is 11.3 Å². The number of fused-ring (bicyclic) bond motifs is 1. The van der Waals surface area contributed by atoms with Crippen LogP contribution in [0.4, 0.5) is 0 Å². The summed E-state index contributed by atoms with van der Waals surface area (Å²) in [5, 5.41) is 9.46. The Morgan fingerprint density at radius 1 is 1.25 bits per heavy atom. The number of furan rings is 1. The van der Waals surface area contributed by atoms with Crippen LogP contribution in [0.25, 0.3) is 11.0 Å². The number of amidine groups is 1. The lowest BCUT2D eigenvalue weighted by Gasteiger charge is -2.05. The molecule has 0 unspecified atom stereocenters. The summed E-state index contributed by atoms with van der Waals surface area (Å²) in [6.07, 6.45) is 0. The fraction of sp³-hybridized carbons (Fsp3) is 0.0909. The van der Waals surface area contributed by atoms with Gasteiger partial charge in [0.05, 0.1) is 0 Å². The molecule has 0 saturated heterocycles. The Kier molecular flexibility index (Phi) is 2.18. The molecule has 4 nitrogen and oxygen atoms in total. The summed E-state index contributed by atoms with van der Waals surface area (Å²) in [5.74, 6) is 1.47. The molecule has 16 heavy (non-hydrogen) atoms. The third-order valence-electron chi connectivity index (χ3n) is 2.34. The fourth-order valence-corrected chi connectivity index (χ4v) is 2.14. The minimum absolute atomic E-state index is 0.500. The second kappa shape index (κ2) is 3.68. The van der Waals surface area contributed by atoms with Crippen LogP contribution in [-0.2, 0) is 0 Å². The molecule has 1 aliphatic rings. The number of hydrogen-bond donors (Lipinski definition) is 1. The first kappa shape index (κ1) is 9.47. The van der Waals surface area contributed by atoms with Crippen molar-refractivity contribution in [1.29, 1.82) is 0 Å². The van der Waals surface area contributed by atoms with Gasteiger partial charge in [0, 0.05) is 11.1 Å². The van der Waals surface area contributed by atoms with Gasteiger partial charge in [-0.3, -0.25) is 0 Å². The lowest BCUT2D eigenvalue weighted by atomic mass is 10.2. The second-order valence-corrected chi connectivity index (χ2v) is 4.42. The van der Waals surface area contributed by atoms with E-state index in [-0.39, 0.29) is 0 Å². The van der Waals surface area contributed by atoms with Gasteiger partial charge >= 0.3 is 0 Å². The standard InChI is InChI=1S/C11H9N3OS/c12-11-14-13-8(6-16-11)10-5-7-3-1-2-4-9(7)15-10/h1-5H,6H2,(H2,12,14). The van der Waals surface area contributed by atoms with E-state index >= 15 is 0 Å². The Labute approximate surface area is 96.2 Å². The maximum absolute atomic E-state index is 5.69. The van der Waals surface area contributed by atoms with E-state index in [4.69, 9.17) is 10.2 Å². The van der Waals surface area contributed by atoms with E-state index in [1.54, 1.807) is 0 Å². The number of benzene rings is 1. The van der Waals surface area contributed by atoms with E-state index in [9.17, 15) is 0 Å². The highest BCUT2D eigenvalue weighted by Crippen LogP contribution is 2.22. The first-order chi connectivity index (χ1) is 7.83. The summed E-state index contributed by atoms with van der Waals surface area (Å²) in [6, 6.07) is 9.85. The number of hydrogen-bond acceptors (Lipinski definition) is 5. The zero-order chi connectivity index (χ0) is 11.0. The SMILES string of the molecule is NC1=NN=C(c2cc3ccccc3o2)CS1. The summed E-state index contributed by atoms with van der Waals surface area (Å²) in [5.41, 5.74) is 7.22. The molecule has 0 spiro atoms. The molecule has 0 aliphatic carbocycles. The lowest BCUT2D eigenvalue weighted by molar-refractivity contribution is 0.604. The molecule has 1 aromatic heterocycles. The van der Waals surface area contributed by atoms with Crippen LogP contribution in [0.15, 0.2) is 45.0 Å². The molecule has 2 heterocycles. The van der Waals surface area contributed by atoms with Gasteiger partial charge in [-0.05, 0) is 12.1 Å². The van der Waals surface area contributed by atoms with Crippen LogP contribution in [0.3, 0.4) is 0 Å². The summed E-state index contributed by atoms with van der Waals surface area (Å²) in [6.45, 7) is 0. The molecule has 2 N–H and O–H groups in total. The van der Waals surface area contributed by atoms with Crippen LogP contribution >= 0.6 is 11.8 Å². The quantitative estimate of drug-likeness (QED) is 0.818. The molecule has 5 heteroatoms. The van der Waals surface area contributed by atoms with Gasteiger partial charge in [0.25, 0.3) is 0 Å². The Bertz CT molecular complexity index is 567. The highest BCUT2D eigenvalue weighted by molar-refractivity contribution is 8.14. The van der Waals surface area contributed by atoms with E-state index in [1.807, 2.05) is 30.3 Å². The van der Waals surface area contributed by atoms with Crippen LogP contribution in [0, 0.1) is 0 Å². The molecular weight excluding hydrogens is 222 g/mol. The molecule has 0 amide bonds. The molecule has 3 rings (SSSR count). The average molecular weight is 231 g/mol. The average Bonchev–Trinajstić information content (AvgIpc) is 2.73. The van der Waals surface area contributed by atoms with Crippen LogP contribution in [0.2, 0.25) is 0 Å². The number of nitrogens with zero attached hydrogens (tertiary/aromatic N) is 2. The minimum Gasteiger partial charge on any atom is -0.455 e. The van der Waals surface area contributed by atoms with Gasteiger partial charge < -0.3 is 10.2 Å². The van der Waals surface area contributed by atoms with Gasteiger partial charge in [-0.15, -0.1) is 10.2 Å². The summed E-state index contributed by atoms with van der Waals surface area (Å²) < 4.78 is 5.69.